The van der Waals surface area contributed by atoms with Crippen molar-refractivity contribution in [3.8, 4) is 0 Å². The van der Waals surface area contributed by atoms with Crippen molar-refractivity contribution in [3.05, 3.63) is 41.2 Å². The summed E-state index contributed by atoms with van der Waals surface area (Å²) >= 11 is 0. The van der Waals surface area contributed by atoms with Crippen molar-refractivity contribution in [2.45, 2.75) is 33.8 Å². The fourth-order valence-corrected chi connectivity index (χ4v) is 2.12. The Morgan fingerprint density at radius 1 is 1.12 bits per heavy atom. The smallest absolute Gasteiger partial charge is 0.103 e. The Kier molecular flexibility index (Phi) is 1.87. The molecule has 0 N–H and O–H groups in total. The lowest BCUT2D eigenvalue weighted by Crippen LogP contribution is -2.35. The van der Waals surface area contributed by atoms with E-state index in [1.54, 1.807) is 0 Å². The van der Waals surface area contributed by atoms with Crippen LogP contribution in [0.4, 0.5) is 5.69 Å². The Morgan fingerprint density at radius 3 is 2.44 bits per heavy atom. The van der Waals surface area contributed by atoms with E-state index < -0.39 is 13.0 Å². The maximum atomic E-state index is 7.81. The maximum Gasteiger partial charge on any atom is 0.103 e. The average molecular weight is 219 g/mol. The predicted octanol–water partition coefficient (Wildman–Crippen LogP) is 3.34. The third-order valence-electron chi connectivity index (χ3n) is 3.40. The normalized spacial score (nSPS) is 24.5. The Balaban J connectivity index is 2.55. The van der Waals surface area contributed by atoms with Crippen molar-refractivity contribution < 1.29 is 4.11 Å². The molecular formula is C14H20N2. The van der Waals surface area contributed by atoms with E-state index in [4.69, 9.17) is 4.11 Å². The molecule has 2 heteroatoms. The van der Waals surface area contributed by atoms with Gasteiger partial charge in [0.15, 0.2) is 0 Å². The van der Waals surface area contributed by atoms with Crippen LogP contribution in [0.3, 0.4) is 0 Å². The van der Waals surface area contributed by atoms with E-state index in [9.17, 15) is 0 Å². The molecule has 1 heterocycles. The molecule has 0 radical (unpaired) electrons. The van der Waals surface area contributed by atoms with E-state index >= 15 is 0 Å². The topological polar surface area (TPSA) is 6.48 Å². The van der Waals surface area contributed by atoms with Crippen LogP contribution >= 0.6 is 0 Å². The Bertz CT molecular complexity index is 520. The molecule has 0 fully saturated rings. The van der Waals surface area contributed by atoms with Crippen LogP contribution in [0.25, 0.3) is 0 Å². The minimum absolute atomic E-state index is 0.631. The summed E-state index contributed by atoms with van der Waals surface area (Å²) in [6, 6.07) is 7.89. The summed E-state index contributed by atoms with van der Waals surface area (Å²) in [7, 11) is 1.84. The molecule has 16 heavy (non-hydrogen) atoms. The van der Waals surface area contributed by atoms with Gasteiger partial charge in [-0.25, -0.2) is 0 Å². The van der Waals surface area contributed by atoms with Crippen LogP contribution in [0.15, 0.2) is 35.7 Å². The van der Waals surface area contributed by atoms with Gasteiger partial charge < -0.3 is 9.80 Å². The molecule has 2 nitrogen and oxygen atoms in total. The van der Waals surface area contributed by atoms with Gasteiger partial charge in [-0.3, -0.25) is 0 Å². The molecule has 2 rings (SSSR count). The van der Waals surface area contributed by atoms with E-state index in [-0.39, 0.29) is 0 Å². The Labute approximate surface area is 102 Å². The van der Waals surface area contributed by atoms with Crippen LogP contribution in [0.5, 0.6) is 0 Å². The van der Waals surface area contributed by atoms with E-state index in [0.29, 0.717) is 0 Å². The van der Waals surface area contributed by atoms with E-state index in [2.05, 4.69) is 0 Å². The highest BCUT2D eigenvalue weighted by Crippen LogP contribution is 2.34. The van der Waals surface area contributed by atoms with Crippen LogP contribution in [0, 0.1) is 6.92 Å². The highest BCUT2D eigenvalue weighted by molar-refractivity contribution is 5.60. The van der Waals surface area contributed by atoms with Gasteiger partial charge in [-0.1, -0.05) is 18.2 Å². The number of allylic oxidation sites excluding steroid dienone is 2. The monoisotopic (exact) mass is 219 g/mol. The summed E-state index contributed by atoms with van der Waals surface area (Å²) in [6.45, 7) is 3.89. The molecule has 1 aliphatic rings. The Morgan fingerprint density at radius 2 is 1.81 bits per heavy atom. The summed E-state index contributed by atoms with van der Waals surface area (Å²) in [6.07, 6.45) is -0.631. The van der Waals surface area contributed by atoms with Crippen LogP contribution in [0.1, 0.15) is 30.4 Å². The van der Waals surface area contributed by atoms with Gasteiger partial charge in [-0.2, -0.15) is 0 Å². The summed E-state index contributed by atoms with van der Waals surface area (Å²) in [5, 5.41) is 0. The molecule has 86 valence electrons. The first-order valence-corrected chi connectivity index (χ1v) is 5.50. The van der Waals surface area contributed by atoms with E-state index in [1.807, 2.05) is 61.9 Å². The van der Waals surface area contributed by atoms with Crippen molar-refractivity contribution in [2.75, 3.05) is 11.9 Å². The zero-order valence-corrected chi connectivity index (χ0v) is 10.3. The lowest BCUT2D eigenvalue weighted by molar-refractivity contribution is 0.357. The summed E-state index contributed by atoms with van der Waals surface area (Å²) in [5.74, 6) is 0. The maximum absolute atomic E-state index is 7.81. The van der Waals surface area contributed by atoms with Crippen LogP contribution in [-0.4, -0.2) is 18.1 Å². The molecule has 1 aliphatic heterocycles. The quantitative estimate of drug-likeness (QED) is 0.714. The van der Waals surface area contributed by atoms with Gasteiger partial charge >= 0.3 is 0 Å². The number of para-hydroxylation sites is 1. The van der Waals surface area contributed by atoms with E-state index in [0.717, 1.165) is 22.6 Å². The van der Waals surface area contributed by atoms with E-state index in [1.165, 1.54) is 0 Å². The number of hydrogen-bond donors (Lipinski definition) is 0. The van der Waals surface area contributed by atoms with Gasteiger partial charge in [0, 0.05) is 28.2 Å². The zero-order chi connectivity index (χ0) is 14.4. The van der Waals surface area contributed by atoms with Crippen molar-refractivity contribution in [3.63, 3.8) is 0 Å². The number of hydrogen-bond acceptors (Lipinski definition) is 2. The fourth-order valence-electron chi connectivity index (χ4n) is 2.12. The van der Waals surface area contributed by atoms with Crippen molar-refractivity contribution in [1.82, 2.24) is 4.90 Å². The molecule has 1 atom stereocenters. The van der Waals surface area contributed by atoms with Crippen LogP contribution in [0.2, 0.25) is 0 Å². The number of aryl methyl sites for hydroxylation is 1. The predicted molar refractivity (Wildman–Crippen MR) is 69.3 cm³/mol. The first-order valence-electron chi connectivity index (χ1n) is 7.00. The van der Waals surface area contributed by atoms with Crippen molar-refractivity contribution in [2.24, 2.45) is 0 Å². The third kappa shape index (κ3) is 1.49. The fraction of sp³-hybridized carbons (Fsp3) is 0.429. The lowest BCUT2D eigenvalue weighted by Gasteiger charge is -2.30. The second kappa shape index (κ2) is 3.85. The molecule has 1 aromatic carbocycles. The standard InChI is InChI=1S/C14H20N2/c1-10-8-6-7-9-14(10)16-12(3)11(2)15(5)13(16)4/h6-9,13H,1-5H3/i4D3. The van der Waals surface area contributed by atoms with Crippen LogP contribution < -0.4 is 4.90 Å². The first-order chi connectivity index (χ1) is 8.75. The average Bonchev–Trinajstić information content (AvgIpc) is 2.54. The minimum Gasteiger partial charge on any atom is -0.356 e. The molecule has 1 aromatic rings. The number of benzene rings is 1. The highest BCUT2D eigenvalue weighted by atomic mass is 15.4. The first kappa shape index (κ1) is 7.77. The van der Waals surface area contributed by atoms with Crippen LogP contribution in [-0.2, 0) is 0 Å². The van der Waals surface area contributed by atoms with Gasteiger partial charge in [-0.15, -0.1) is 0 Å². The Hall–Kier alpha value is -1.44. The number of rotatable bonds is 1. The number of anilines is 1. The molecule has 0 aliphatic carbocycles. The lowest BCUT2D eigenvalue weighted by atomic mass is 10.1. The highest BCUT2D eigenvalue weighted by Gasteiger charge is 2.29. The second-order valence-corrected chi connectivity index (χ2v) is 4.31. The largest absolute Gasteiger partial charge is 0.356 e. The third-order valence-corrected chi connectivity index (χ3v) is 3.40. The molecule has 0 bridgehead atoms. The molecular weight excluding hydrogens is 196 g/mol. The van der Waals surface area contributed by atoms with Gasteiger partial charge in [0.2, 0.25) is 0 Å². The summed E-state index contributed by atoms with van der Waals surface area (Å²) in [4.78, 5) is 3.77. The number of nitrogens with zero attached hydrogens (tertiary/aromatic N) is 2. The molecule has 0 spiro atoms. The molecule has 0 saturated heterocycles. The van der Waals surface area contributed by atoms with Crippen molar-refractivity contribution in [1.29, 1.82) is 0 Å². The van der Waals surface area contributed by atoms with Gasteiger partial charge in [-0.05, 0) is 39.3 Å². The van der Waals surface area contributed by atoms with Gasteiger partial charge in [0.05, 0.1) is 0 Å². The summed E-state index contributed by atoms with van der Waals surface area (Å²) < 4.78 is 23.4. The SMILES string of the molecule is [2H]C([2H])([2H])C1N(C)C(C)=C(C)N1c1ccccc1C. The molecule has 0 amide bonds. The zero-order valence-electron chi connectivity index (χ0n) is 13.3. The van der Waals surface area contributed by atoms with Gasteiger partial charge in [0.25, 0.3) is 0 Å². The molecule has 0 saturated carbocycles. The summed E-state index contributed by atoms with van der Waals surface area (Å²) in [5.41, 5.74) is 4.05. The van der Waals surface area contributed by atoms with Gasteiger partial charge in [0.1, 0.15) is 6.17 Å². The second-order valence-electron chi connectivity index (χ2n) is 4.31. The molecule has 0 aromatic heterocycles. The minimum atomic E-state index is -2.06. The molecule has 1 unspecified atom stereocenters. The van der Waals surface area contributed by atoms with Crippen molar-refractivity contribution >= 4 is 5.69 Å².